The smallest absolute Gasteiger partial charge is 0.255 e. The van der Waals surface area contributed by atoms with Gasteiger partial charge in [-0.3, -0.25) is 4.79 Å². The summed E-state index contributed by atoms with van der Waals surface area (Å²) in [5, 5.41) is 14.0. The van der Waals surface area contributed by atoms with Crippen molar-refractivity contribution in [2.75, 3.05) is 18.4 Å². The van der Waals surface area contributed by atoms with E-state index in [0.717, 1.165) is 23.1 Å². The number of aromatic hydroxyl groups is 1. The van der Waals surface area contributed by atoms with Crippen LogP contribution in [0.4, 0.5) is 5.69 Å². The van der Waals surface area contributed by atoms with Crippen LogP contribution in [0.2, 0.25) is 0 Å². The van der Waals surface area contributed by atoms with Crippen molar-refractivity contribution in [2.45, 2.75) is 24.7 Å². The monoisotopic (exact) mass is 507 g/mol. The Balaban J connectivity index is 1.30. The molecule has 1 unspecified atom stereocenters. The van der Waals surface area contributed by atoms with Crippen molar-refractivity contribution in [3.05, 3.63) is 72.3 Å². The lowest BCUT2D eigenvalue weighted by molar-refractivity contribution is 0.102. The third-order valence-electron chi connectivity index (χ3n) is 6.15. The van der Waals surface area contributed by atoms with Gasteiger partial charge in [0.1, 0.15) is 10.8 Å². The number of carbonyl (C=O) groups excluding carboxylic acids is 1. The van der Waals surface area contributed by atoms with E-state index in [9.17, 15) is 18.3 Å². The molecule has 180 valence electrons. The van der Waals surface area contributed by atoms with Crippen molar-refractivity contribution >= 4 is 43.2 Å². The first-order valence-corrected chi connectivity index (χ1v) is 13.7. The fourth-order valence-corrected chi connectivity index (χ4v) is 6.87. The Morgan fingerprint density at radius 3 is 2.60 bits per heavy atom. The molecule has 0 aliphatic carbocycles. The second kappa shape index (κ2) is 9.41. The van der Waals surface area contributed by atoms with Gasteiger partial charge in [0, 0.05) is 30.4 Å². The summed E-state index contributed by atoms with van der Waals surface area (Å²) in [7, 11) is -3.58. The lowest BCUT2D eigenvalue weighted by Gasteiger charge is -2.30. The van der Waals surface area contributed by atoms with E-state index in [1.165, 1.54) is 46.0 Å². The molecule has 0 spiro atoms. The lowest BCUT2D eigenvalue weighted by atomic mass is 10.0. The highest BCUT2D eigenvalue weighted by Gasteiger charge is 2.28. The average molecular weight is 508 g/mol. The molecule has 4 aromatic rings. The molecule has 2 N–H and O–H groups in total. The number of benzene rings is 3. The maximum absolute atomic E-state index is 12.9. The van der Waals surface area contributed by atoms with Gasteiger partial charge in [-0.1, -0.05) is 19.1 Å². The summed E-state index contributed by atoms with van der Waals surface area (Å²) < 4.78 is 28.4. The number of nitrogens with one attached hydrogen (secondary N) is 1. The van der Waals surface area contributed by atoms with Crippen LogP contribution in [0.15, 0.2) is 71.6 Å². The molecule has 1 saturated heterocycles. The van der Waals surface area contributed by atoms with Crippen LogP contribution in [-0.2, 0) is 10.0 Å². The second-order valence-electron chi connectivity index (χ2n) is 8.81. The number of hydrogen-bond acceptors (Lipinski definition) is 6. The van der Waals surface area contributed by atoms with Crippen molar-refractivity contribution in [3.8, 4) is 16.3 Å². The van der Waals surface area contributed by atoms with Crippen molar-refractivity contribution in [2.24, 2.45) is 5.92 Å². The molecular weight excluding hydrogens is 482 g/mol. The van der Waals surface area contributed by atoms with Gasteiger partial charge in [0.25, 0.3) is 5.91 Å². The Morgan fingerprint density at radius 1 is 1.11 bits per heavy atom. The van der Waals surface area contributed by atoms with Crippen molar-refractivity contribution < 1.29 is 18.3 Å². The normalized spacial score (nSPS) is 16.9. The van der Waals surface area contributed by atoms with E-state index in [0.29, 0.717) is 40.8 Å². The standard InChI is InChI=1S/C26H25N3O4S2/c1-17-5-4-14-29(16-17)35(32,33)20-11-8-18(9-12-20)25(31)27-19-10-13-21(23(30)15-19)26-28-22-6-2-3-7-24(22)34-26/h2-3,6-13,15,17,30H,4-5,14,16H2,1H3,(H,27,31). The molecular formula is C26H25N3O4S2. The summed E-state index contributed by atoms with van der Waals surface area (Å²) in [6, 6.07) is 18.6. The average Bonchev–Trinajstić information content (AvgIpc) is 3.28. The van der Waals surface area contributed by atoms with E-state index in [-0.39, 0.29) is 10.6 Å². The molecule has 7 nitrogen and oxygen atoms in total. The summed E-state index contributed by atoms with van der Waals surface area (Å²) >= 11 is 1.48. The Hall–Kier alpha value is -3.27. The third kappa shape index (κ3) is 4.80. The Bertz CT molecular complexity index is 1460. The number of piperidine rings is 1. The Labute approximate surface area is 208 Å². The molecule has 35 heavy (non-hydrogen) atoms. The number of carbonyl (C=O) groups is 1. The maximum atomic E-state index is 12.9. The fourth-order valence-electron chi connectivity index (χ4n) is 4.27. The van der Waals surface area contributed by atoms with Crippen molar-refractivity contribution in [3.63, 3.8) is 0 Å². The largest absolute Gasteiger partial charge is 0.507 e. The van der Waals surface area contributed by atoms with Crippen LogP contribution in [0.3, 0.4) is 0 Å². The van der Waals surface area contributed by atoms with Crippen LogP contribution in [0.25, 0.3) is 20.8 Å². The van der Waals surface area contributed by atoms with Crippen molar-refractivity contribution in [1.82, 2.24) is 9.29 Å². The number of amides is 1. The highest BCUT2D eigenvalue weighted by Crippen LogP contribution is 2.36. The molecule has 1 fully saturated rings. The van der Waals surface area contributed by atoms with Gasteiger partial charge >= 0.3 is 0 Å². The first-order valence-electron chi connectivity index (χ1n) is 11.4. The number of para-hydroxylation sites is 1. The molecule has 3 aromatic carbocycles. The molecule has 0 saturated carbocycles. The summed E-state index contributed by atoms with van der Waals surface area (Å²) in [5.74, 6) is -0.0484. The summed E-state index contributed by atoms with van der Waals surface area (Å²) in [4.78, 5) is 17.5. The first-order chi connectivity index (χ1) is 16.8. The Morgan fingerprint density at radius 2 is 1.89 bits per heavy atom. The number of sulfonamides is 1. The molecule has 0 bridgehead atoms. The third-order valence-corrected chi connectivity index (χ3v) is 9.10. The molecule has 1 aliphatic rings. The SMILES string of the molecule is CC1CCCN(S(=O)(=O)c2ccc(C(=O)Nc3ccc(-c4nc5ccccc5s4)c(O)c3)cc2)C1. The molecule has 9 heteroatoms. The van der Waals surface area contributed by atoms with Gasteiger partial charge in [0.05, 0.1) is 20.7 Å². The van der Waals surface area contributed by atoms with E-state index in [4.69, 9.17) is 0 Å². The molecule has 5 rings (SSSR count). The van der Waals surface area contributed by atoms with Gasteiger partial charge in [-0.2, -0.15) is 4.31 Å². The van der Waals surface area contributed by atoms with Gasteiger partial charge < -0.3 is 10.4 Å². The van der Waals surface area contributed by atoms with Crippen LogP contribution >= 0.6 is 11.3 Å². The predicted octanol–water partition coefficient (Wildman–Crippen LogP) is 5.34. The zero-order valence-corrected chi connectivity index (χ0v) is 20.8. The number of phenolic OH excluding ortho intramolecular Hbond substituents is 1. The molecule has 1 aliphatic heterocycles. The summed E-state index contributed by atoms with van der Waals surface area (Å²) in [6.45, 7) is 3.09. The predicted molar refractivity (Wildman–Crippen MR) is 138 cm³/mol. The first kappa shape index (κ1) is 23.5. The van der Waals surface area contributed by atoms with Gasteiger partial charge in [-0.15, -0.1) is 11.3 Å². The minimum absolute atomic E-state index is 0.0130. The summed E-state index contributed by atoms with van der Waals surface area (Å²) in [5.41, 5.74) is 2.21. The van der Waals surface area contributed by atoms with Crippen LogP contribution in [-0.4, -0.2) is 41.8 Å². The van der Waals surface area contributed by atoms with Gasteiger partial charge in [0.2, 0.25) is 10.0 Å². The molecule has 1 amide bonds. The van der Waals surface area contributed by atoms with Gasteiger partial charge in [-0.05, 0) is 67.3 Å². The maximum Gasteiger partial charge on any atom is 0.255 e. The highest BCUT2D eigenvalue weighted by molar-refractivity contribution is 7.89. The quantitative estimate of drug-likeness (QED) is 0.380. The lowest BCUT2D eigenvalue weighted by Crippen LogP contribution is -2.39. The van der Waals surface area contributed by atoms with E-state index in [2.05, 4.69) is 17.2 Å². The summed E-state index contributed by atoms with van der Waals surface area (Å²) in [6.07, 6.45) is 1.88. The molecule has 1 atom stereocenters. The highest BCUT2D eigenvalue weighted by atomic mass is 32.2. The van der Waals surface area contributed by atoms with E-state index in [1.807, 2.05) is 24.3 Å². The minimum Gasteiger partial charge on any atom is -0.507 e. The number of hydrogen-bond donors (Lipinski definition) is 2. The minimum atomic E-state index is -3.58. The number of phenols is 1. The van der Waals surface area contributed by atoms with E-state index < -0.39 is 15.9 Å². The topological polar surface area (TPSA) is 99.6 Å². The van der Waals surface area contributed by atoms with E-state index >= 15 is 0 Å². The van der Waals surface area contributed by atoms with Crippen LogP contribution in [0.1, 0.15) is 30.1 Å². The van der Waals surface area contributed by atoms with Gasteiger partial charge in [0.15, 0.2) is 0 Å². The van der Waals surface area contributed by atoms with Crippen molar-refractivity contribution in [1.29, 1.82) is 0 Å². The number of rotatable bonds is 5. The fraction of sp³-hybridized carbons (Fsp3) is 0.231. The number of anilines is 1. The van der Waals surface area contributed by atoms with Crippen LogP contribution in [0.5, 0.6) is 5.75 Å². The molecule has 0 radical (unpaired) electrons. The van der Waals surface area contributed by atoms with Crippen LogP contribution in [0, 0.1) is 5.92 Å². The zero-order chi connectivity index (χ0) is 24.6. The van der Waals surface area contributed by atoms with Crippen LogP contribution < -0.4 is 5.32 Å². The Kier molecular flexibility index (Phi) is 6.31. The molecule has 2 heterocycles. The molecule has 1 aromatic heterocycles. The number of nitrogens with zero attached hydrogens (tertiary/aromatic N) is 2. The second-order valence-corrected chi connectivity index (χ2v) is 11.8. The van der Waals surface area contributed by atoms with Gasteiger partial charge in [-0.25, -0.2) is 13.4 Å². The van der Waals surface area contributed by atoms with E-state index in [1.54, 1.807) is 12.1 Å². The number of fused-ring (bicyclic) bond motifs is 1. The number of aromatic nitrogens is 1. The zero-order valence-electron chi connectivity index (χ0n) is 19.1. The number of thiazole rings is 1.